The van der Waals surface area contributed by atoms with E-state index in [0.717, 1.165) is 12.8 Å². The van der Waals surface area contributed by atoms with Crippen LogP contribution in [0.4, 0.5) is 0 Å². The van der Waals surface area contributed by atoms with E-state index >= 15 is 0 Å². The molecule has 1 aliphatic heterocycles. The molecule has 1 saturated heterocycles. The molecule has 0 saturated carbocycles. The summed E-state index contributed by atoms with van der Waals surface area (Å²) in [5, 5.41) is 7.23. The number of piperidine rings is 1. The number of hydrogen-bond donors (Lipinski definition) is 1. The lowest BCUT2D eigenvalue weighted by atomic mass is 9.91. The molecule has 0 aromatic carbocycles. The van der Waals surface area contributed by atoms with Crippen LogP contribution in [-0.4, -0.2) is 48.7 Å². The van der Waals surface area contributed by atoms with Gasteiger partial charge in [0.1, 0.15) is 4.90 Å². The molecule has 2 atom stereocenters. The van der Waals surface area contributed by atoms with E-state index < -0.39 is 10.0 Å². The summed E-state index contributed by atoms with van der Waals surface area (Å²) in [6.07, 6.45) is 4.81. The van der Waals surface area contributed by atoms with Gasteiger partial charge in [-0.2, -0.15) is 9.40 Å². The Morgan fingerprint density at radius 1 is 1.53 bits per heavy atom. The van der Waals surface area contributed by atoms with E-state index in [9.17, 15) is 8.42 Å². The first-order valence-corrected chi connectivity index (χ1v) is 8.09. The van der Waals surface area contributed by atoms with Gasteiger partial charge in [-0.15, -0.1) is 0 Å². The van der Waals surface area contributed by atoms with E-state index in [-0.39, 0.29) is 4.90 Å². The molecule has 0 amide bonds. The Bertz CT molecular complexity index is 526. The van der Waals surface area contributed by atoms with E-state index in [1.165, 1.54) is 10.9 Å². The topological polar surface area (TPSA) is 67.2 Å². The third kappa shape index (κ3) is 2.82. The highest BCUT2D eigenvalue weighted by atomic mass is 32.2. The van der Waals surface area contributed by atoms with Crippen LogP contribution in [0.5, 0.6) is 0 Å². The number of aryl methyl sites for hydroxylation is 1. The monoisotopic (exact) mass is 286 g/mol. The lowest BCUT2D eigenvalue weighted by molar-refractivity contribution is 0.209. The Kier molecular flexibility index (Phi) is 4.27. The number of hydrogen-bond acceptors (Lipinski definition) is 4. The van der Waals surface area contributed by atoms with Crippen LogP contribution in [0, 0.1) is 5.92 Å². The molecule has 2 rings (SSSR count). The minimum atomic E-state index is -3.39. The highest BCUT2D eigenvalue weighted by Gasteiger charge is 2.34. The summed E-state index contributed by atoms with van der Waals surface area (Å²) in [5.41, 5.74) is 0. The zero-order valence-corrected chi connectivity index (χ0v) is 12.5. The molecule has 0 spiro atoms. The smallest absolute Gasteiger partial charge is 0.246 e. The van der Waals surface area contributed by atoms with Gasteiger partial charge in [0.05, 0.1) is 6.20 Å². The molecule has 1 aromatic heterocycles. The second kappa shape index (κ2) is 5.60. The van der Waals surface area contributed by atoms with Crippen LogP contribution < -0.4 is 5.32 Å². The van der Waals surface area contributed by atoms with Crippen molar-refractivity contribution >= 4 is 10.0 Å². The zero-order valence-electron chi connectivity index (χ0n) is 11.7. The summed E-state index contributed by atoms with van der Waals surface area (Å²) in [4.78, 5) is 0.285. The predicted octanol–water partition coefficient (Wildman–Crippen LogP) is 0.429. The fraction of sp³-hybridized carbons (Fsp3) is 0.750. The minimum absolute atomic E-state index is 0.285. The second-order valence-corrected chi connectivity index (χ2v) is 7.00. The number of rotatable bonds is 4. The van der Waals surface area contributed by atoms with Crippen LogP contribution in [-0.2, 0) is 17.1 Å². The standard InChI is InChI=1S/C12H22N4O2S/c1-4-10-8-16(6-5-12(10)13-2)19(17,18)11-7-14-15(3)9-11/h7,9-10,12-13H,4-6,8H2,1-3H3. The molecule has 0 bridgehead atoms. The van der Waals surface area contributed by atoms with Crippen molar-refractivity contribution in [3.05, 3.63) is 12.4 Å². The number of nitrogens with one attached hydrogen (secondary N) is 1. The van der Waals surface area contributed by atoms with Crippen LogP contribution in [0.15, 0.2) is 17.3 Å². The Labute approximate surface area is 114 Å². The van der Waals surface area contributed by atoms with Crippen molar-refractivity contribution in [3.63, 3.8) is 0 Å². The summed E-state index contributed by atoms with van der Waals surface area (Å²) >= 11 is 0. The largest absolute Gasteiger partial charge is 0.317 e. The van der Waals surface area contributed by atoms with Crippen LogP contribution in [0.25, 0.3) is 0 Å². The third-order valence-electron chi connectivity index (χ3n) is 3.91. The van der Waals surface area contributed by atoms with Gasteiger partial charge in [-0.05, 0) is 19.4 Å². The maximum atomic E-state index is 12.5. The maximum Gasteiger partial charge on any atom is 0.246 e. The average Bonchev–Trinajstić information content (AvgIpc) is 2.85. The van der Waals surface area contributed by atoms with E-state index in [0.29, 0.717) is 25.0 Å². The van der Waals surface area contributed by atoms with Gasteiger partial charge in [-0.3, -0.25) is 4.68 Å². The van der Waals surface area contributed by atoms with Gasteiger partial charge >= 0.3 is 0 Å². The molecular formula is C12H22N4O2S. The van der Waals surface area contributed by atoms with Crippen molar-refractivity contribution in [2.75, 3.05) is 20.1 Å². The van der Waals surface area contributed by atoms with Crippen molar-refractivity contribution in [3.8, 4) is 0 Å². The van der Waals surface area contributed by atoms with Crippen LogP contribution in [0.2, 0.25) is 0 Å². The third-order valence-corrected chi connectivity index (χ3v) is 5.73. The SMILES string of the molecule is CCC1CN(S(=O)(=O)c2cnn(C)c2)CCC1NC. The molecule has 108 valence electrons. The van der Waals surface area contributed by atoms with Crippen molar-refractivity contribution in [1.29, 1.82) is 0 Å². The van der Waals surface area contributed by atoms with Crippen molar-refractivity contribution in [1.82, 2.24) is 19.4 Å². The molecule has 1 aromatic rings. The van der Waals surface area contributed by atoms with Crippen molar-refractivity contribution < 1.29 is 8.42 Å². The fourth-order valence-electron chi connectivity index (χ4n) is 2.69. The van der Waals surface area contributed by atoms with Gasteiger partial charge in [0.2, 0.25) is 10.0 Å². The Balaban J connectivity index is 2.18. The van der Waals surface area contributed by atoms with Crippen LogP contribution in [0.1, 0.15) is 19.8 Å². The second-order valence-electron chi connectivity index (χ2n) is 5.06. The normalized spacial score (nSPS) is 25.6. The first-order chi connectivity index (χ1) is 8.98. The van der Waals surface area contributed by atoms with Crippen LogP contribution in [0.3, 0.4) is 0 Å². The minimum Gasteiger partial charge on any atom is -0.317 e. The predicted molar refractivity (Wildman–Crippen MR) is 73.2 cm³/mol. The Morgan fingerprint density at radius 3 is 2.79 bits per heavy atom. The molecule has 1 N–H and O–H groups in total. The quantitative estimate of drug-likeness (QED) is 0.871. The van der Waals surface area contributed by atoms with Gasteiger partial charge in [0.25, 0.3) is 0 Å². The summed E-state index contributed by atoms with van der Waals surface area (Å²) in [6.45, 7) is 3.26. The molecule has 7 heteroatoms. The Hall–Kier alpha value is -0.920. The molecule has 0 aliphatic carbocycles. The van der Waals surface area contributed by atoms with Gasteiger partial charge in [0, 0.05) is 32.4 Å². The molecule has 1 fully saturated rings. The van der Waals surface area contributed by atoms with E-state index in [2.05, 4.69) is 17.3 Å². The van der Waals surface area contributed by atoms with E-state index in [4.69, 9.17) is 0 Å². The van der Waals surface area contributed by atoms with Crippen molar-refractivity contribution in [2.24, 2.45) is 13.0 Å². The molecular weight excluding hydrogens is 264 g/mol. The summed E-state index contributed by atoms with van der Waals surface area (Å²) < 4.78 is 28.1. The first kappa shape index (κ1) is 14.5. The molecule has 2 heterocycles. The van der Waals surface area contributed by atoms with E-state index in [1.54, 1.807) is 17.5 Å². The lowest BCUT2D eigenvalue weighted by Gasteiger charge is -2.37. The summed E-state index contributed by atoms with van der Waals surface area (Å²) in [7, 11) is 0.273. The van der Waals surface area contributed by atoms with E-state index in [1.807, 2.05) is 7.05 Å². The average molecular weight is 286 g/mol. The maximum absolute atomic E-state index is 12.5. The van der Waals surface area contributed by atoms with Crippen LogP contribution >= 0.6 is 0 Å². The van der Waals surface area contributed by atoms with Gasteiger partial charge in [-0.25, -0.2) is 8.42 Å². The Morgan fingerprint density at radius 2 is 2.26 bits per heavy atom. The fourth-order valence-corrected chi connectivity index (χ4v) is 4.19. The molecule has 19 heavy (non-hydrogen) atoms. The molecule has 6 nitrogen and oxygen atoms in total. The first-order valence-electron chi connectivity index (χ1n) is 6.65. The number of sulfonamides is 1. The number of nitrogens with zero attached hydrogens (tertiary/aromatic N) is 3. The zero-order chi connectivity index (χ0) is 14.0. The highest BCUT2D eigenvalue weighted by Crippen LogP contribution is 2.25. The molecule has 0 radical (unpaired) electrons. The lowest BCUT2D eigenvalue weighted by Crippen LogP contribution is -2.49. The van der Waals surface area contributed by atoms with Gasteiger partial charge in [-0.1, -0.05) is 13.3 Å². The summed E-state index contributed by atoms with van der Waals surface area (Å²) in [5.74, 6) is 0.366. The number of aromatic nitrogens is 2. The van der Waals surface area contributed by atoms with Crippen molar-refractivity contribution in [2.45, 2.75) is 30.7 Å². The highest BCUT2D eigenvalue weighted by molar-refractivity contribution is 7.89. The van der Waals surface area contributed by atoms with Gasteiger partial charge < -0.3 is 5.32 Å². The summed E-state index contributed by atoms with van der Waals surface area (Å²) in [6, 6.07) is 0.408. The molecule has 1 aliphatic rings. The van der Waals surface area contributed by atoms with Gasteiger partial charge in [0.15, 0.2) is 0 Å². The molecule has 2 unspecified atom stereocenters.